The highest BCUT2D eigenvalue weighted by Gasteiger charge is 2.03. The summed E-state index contributed by atoms with van der Waals surface area (Å²) in [7, 11) is 0. The van der Waals surface area contributed by atoms with Crippen LogP contribution in [0.5, 0.6) is 5.75 Å². The largest absolute Gasteiger partial charge is 0.494 e. The van der Waals surface area contributed by atoms with Gasteiger partial charge in [-0.05, 0) is 30.7 Å². The van der Waals surface area contributed by atoms with E-state index in [0.717, 1.165) is 11.3 Å². The van der Waals surface area contributed by atoms with Crippen LogP contribution in [0.3, 0.4) is 0 Å². The molecule has 0 radical (unpaired) electrons. The third-order valence-electron chi connectivity index (χ3n) is 2.35. The topological polar surface area (TPSA) is 9.23 Å². The molecule has 0 aliphatic rings. The fourth-order valence-corrected chi connectivity index (χ4v) is 1.59. The molecular weight excluding hydrogens is 203 g/mol. The third kappa shape index (κ3) is 2.22. The summed E-state index contributed by atoms with van der Waals surface area (Å²) >= 11 is 0. The minimum absolute atomic E-state index is 0.202. The molecule has 0 N–H and O–H groups in total. The summed E-state index contributed by atoms with van der Waals surface area (Å²) in [6, 6.07) is 14.2. The lowest BCUT2D eigenvalue weighted by atomic mass is 10.1. The van der Waals surface area contributed by atoms with Gasteiger partial charge in [-0.3, -0.25) is 0 Å². The molecule has 2 aromatic rings. The molecule has 0 atom stereocenters. The van der Waals surface area contributed by atoms with Crippen LogP contribution in [-0.4, -0.2) is 6.61 Å². The highest BCUT2D eigenvalue weighted by atomic mass is 19.1. The van der Waals surface area contributed by atoms with Crippen LogP contribution >= 0.6 is 0 Å². The molecule has 0 aliphatic carbocycles. The van der Waals surface area contributed by atoms with Crippen molar-refractivity contribution in [3.05, 3.63) is 54.3 Å². The summed E-state index contributed by atoms with van der Waals surface area (Å²) in [5.74, 6) is 0.606. The van der Waals surface area contributed by atoms with Crippen LogP contribution in [0.4, 0.5) is 4.39 Å². The van der Waals surface area contributed by atoms with Gasteiger partial charge in [0.1, 0.15) is 11.6 Å². The van der Waals surface area contributed by atoms with E-state index in [-0.39, 0.29) is 5.82 Å². The van der Waals surface area contributed by atoms with Crippen molar-refractivity contribution in [2.24, 2.45) is 0 Å². The van der Waals surface area contributed by atoms with Gasteiger partial charge in [0.25, 0.3) is 0 Å². The monoisotopic (exact) mass is 216 g/mol. The average molecular weight is 216 g/mol. The van der Waals surface area contributed by atoms with Gasteiger partial charge < -0.3 is 4.74 Å². The molecule has 2 aromatic carbocycles. The van der Waals surface area contributed by atoms with Crippen LogP contribution in [0.25, 0.3) is 11.1 Å². The van der Waals surface area contributed by atoms with Crippen LogP contribution in [0.2, 0.25) is 0 Å². The maximum atomic E-state index is 13.5. The van der Waals surface area contributed by atoms with E-state index in [4.69, 9.17) is 4.74 Å². The van der Waals surface area contributed by atoms with Crippen molar-refractivity contribution in [1.29, 1.82) is 0 Å². The lowest BCUT2D eigenvalue weighted by Crippen LogP contribution is -1.91. The molecule has 0 saturated carbocycles. The van der Waals surface area contributed by atoms with Gasteiger partial charge in [-0.2, -0.15) is 0 Å². The number of hydrogen-bond donors (Lipinski definition) is 0. The Morgan fingerprint density at radius 3 is 2.31 bits per heavy atom. The van der Waals surface area contributed by atoms with Crippen molar-refractivity contribution >= 4 is 0 Å². The zero-order chi connectivity index (χ0) is 11.4. The summed E-state index contributed by atoms with van der Waals surface area (Å²) in [6.45, 7) is 2.57. The van der Waals surface area contributed by atoms with Gasteiger partial charge in [-0.25, -0.2) is 4.39 Å². The first-order valence-corrected chi connectivity index (χ1v) is 5.29. The number of benzene rings is 2. The molecule has 0 aliphatic heterocycles. The Bertz CT molecular complexity index is 462. The Balaban J connectivity index is 2.31. The van der Waals surface area contributed by atoms with Crippen LogP contribution in [-0.2, 0) is 0 Å². The molecule has 0 unspecified atom stereocenters. The molecule has 0 saturated heterocycles. The number of halogens is 1. The fourth-order valence-electron chi connectivity index (χ4n) is 1.59. The lowest BCUT2D eigenvalue weighted by molar-refractivity contribution is 0.340. The van der Waals surface area contributed by atoms with E-state index >= 15 is 0 Å². The second-order valence-corrected chi connectivity index (χ2v) is 3.44. The summed E-state index contributed by atoms with van der Waals surface area (Å²) in [5, 5.41) is 0. The Kier molecular flexibility index (Phi) is 3.20. The maximum Gasteiger partial charge on any atom is 0.131 e. The van der Waals surface area contributed by atoms with E-state index < -0.39 is 0 Å². The van der Waals surface area contributed by atoms with Gasteiger partial charge in [0.05, 0.1) is 6.61 Å². The van der Waals surface area contributed by atoms with E-state index in [1.807, 2.05) is 37.3 Å². The minimum atomic E-state index is -0.202. The predicted octanol–water partition coefficient (Wildman–Crippen LogP) is 3.89. The zero-order valence-corrected chi connectivity index (χ0v) is 9.11. The van der Waals surface area contributed by atoms with Crippen molar-refractivity contribution in [3.63, 3.8) is 0 Å². The molecule has 0 aromatic heterocycles. The maximum absolute atomic E-state index is 13.5. The minimum Gasteiger partial charge on any atom is -0.494 e. The normalized spacial score (nSPS) is 10.1. The van der Waals surface area contributed by atoms with Crippen molar-refractivity contribution in [2.45, 2.75) is 6.92 Å². The first-order chi connectivity index (χ1) is 7.81. The third-order valence-corrected chi connectivity index (χ3v) is 2.35. The molecule has 1 nitrogen and oxygen atoms in total. The Hall–Kier alpha value is -1.83. The van der Waals surface area contributed by atoms with Crippen molar-refractivity contribution in [2.75, 3.05) is 6.61 Å². The molecule has 0 amide bonds. The molecule has 0 heterocycles. The second kappa shape index (κ2) is 4.79. The van der Waals surface area contributed by atoms with Gasteiger partial charge >= 0.3 is 0 Å². The van der Waals surface area contributed by atoms with Gasteiger partial charge in [0.15, 0.2) is 0 Å². The van der Waals surface area contributed by atoms with Gasteiger partial charge in [0.2, 0.25) is 0 Å². The summed E-state index contributed by atoms with van der Waals surface area (Å²) in [4.78, 5) is 0. The van der Waals surface area contributed by atoms with Crippen LogP contribution in [0, 0.1) is 5.82 Å². The van der Waals surface area contributed by atoms with Gasteiger partial charge in [0, 0.05) is 5.56 Å². The molecule has 0 bridgehead atoms. The van der Waals surface area contributed by atoms with Crippen molar-refractivity contribution in [1.82, 2.24) is 0 Å². The van der Waals surface area contributed by atoms with Gasteiger partial charge in [-0.1, -0.05) is 30.3 Å². The average Bonchev–Trinajstić information content (AvgIpc) is 2.31. The number of rotatable bonds is 3. The number of ether oxygens (including phenoxy) is 1. The first-order valence-electron chi connectivity index (χ1n) is 5.29. The quantitative estimate of drug-likeness (QED) is 0.756. The predicted molar refractivity (Wildman–Crippen MR) is 63.0 cm³/mol. The fraction of sp³-hybridized carbons (Fsp3) is 0.143. The first kappa shape index (κ1) is 10.7. The molecule has 0 spiro atoms. The molecular formula is C14H13FO. The van der Waals surface area contributed by atoms with E-state index in [1.54, 1.807) is 12.1 Å². The standard InChI is InChI=1S/C14H13FO/c1-2-16-12-9-7-11(8-10-12)13-5-3-4-6-14(13)15/h3-10H,2H2,1H3. The summed E-state index contributed by atoms with van der Waals surface area (Å²) in [6.07, 6.45) is 0. The summed E-state index contributed by atoms with van der Waals surface area (Å²) in [5.41, 5.74) is 1.48. The van der Waals surface area contributed by atoms with E-state index in [9.17, 15) is 4.39 Å². The summed E-state index contributed by atoms with van der Waals surface area (Å²) < 4.78 is 18.8. The SMILES string of the molecule is CCOc1ccc(-c2ccccc2F)cc1. The zero-order valence-electron chi connectivity index (χ0n) is 9.11. The van der Waals surface area contributed by atoms with Crippen LogP contribution in [0.1, 0.15) is 6.92 Å². The molecule has 16 heavy (non-hydrogen) atoms. The molecule has 2 heteroatoms. The lowest BCUT2D eigenvalue weighted by Gasteiger charge is -2.05. The van der Waals surface area contributed by atoms with Crippen molar-refractivity contribution < 1.29 is 9.13 Å². The number of hydrogen-bond acceptors (Lipinski definition) is 1. The Morgan fingerprint density at radius 2 is 1.69 bits per heavy atom. The van der Waals surface area contributed by atoms with E-state index in [2.05, 4.69) is 0 Å². The van der Waals surface area contributed by atoms with Crippen molar-refractivity contribution in [3.8, 4) is 16.9 Å². The van der Waals surface area contributed by atoms with Crippen LogP contribution < -0.4 is 4.74 Å². The van der Waals surface area contributed by atoms with E-state index in [0.29, 0.717) is 12.2 Å². The Labute approximate surface area is 94.5 Å². The molecule has 0 fully saturated rings. The van der Waals surface area contributed by atoms with Crippen LogP contribution in [0.15, 0.2) is 48.5 Å². The smallest absolute Gasteiger partial charge is 0.131 e. The molecule has 82 valence electrons. The van der Waals surface area contributed by atoms with Gasteiger partial charge in [-0.15, -0.1) is 0 Å². The second-order valence-electron chi connectivity index (χ2n) is 3.44. The van der Waals surface area contributed by atoms with E-state index in [1.165, 1.54) is 6.07 Å². The highest BCUT2D eigenvalue weighted by Crippen LogP contribution is 2.24. The Morgan fingerprint density at radius 1 is 1.00 bits per heavy atom. The molecule has 2 rings (SSSR count). The highest BCUT2D eigenvalue weighted by molar-refractivity contribution is 5.64.